The van der Waals surface area contributed by atoms with Gasteiger partial charge in [-0.1, -0.05) is 0 Å². The zero-order valence-electron chi connectivity index (χ0n) is 8.27. The Morgan fingerprint density at radius 2 is 2.40 bits per heavy atom. The van der Waals surface area contributed by atoms with E-state index in [1.807, 2.05) is 7.05 Å². The lowest BCUT2D eigenvalue weighted by molar-refractivity contribution is 0.650. The van der Waals surface area contributed by atoms with E-state index < -0.39 is 0 Å². The van der Waals surface area contributed by atoms with Gasteiger partial charge in [0.15, 0.2) is 5.82 Å². The minimum absolute atomic E-state index is 0.703. The van der Waals surface area contributed by atoms with Crippen LogP contribution in [0.15, 0.2) is 21.6 Å². The fraction of sp³-hybridized carbons (Fsp3) is 0.333. The Balaban J connectivity index is 1.80. The summed E-state index contributed by atoms with van der Waals surface area (Å²) in [5.74, 6) is 0.826. The number of aromatic nitrogens is 3. The molecule has 0 amide bonds. The van der Waals surface area contributed by atoms with Gasteiger partial charge in [0.25, 0.3) is 0 Å². The molecule has 0 unspecified atom stereocenters. The van der Waals surface area contributed by atoms with Crippen molar-refractivity contribution >= 4 is 27.3 Å². The average Bonchev–Trinajstić information content (AvgIpc) is 2.76. The summed E-state index contributed by atoms with van der Waals surface area (Å²) in [6.45, 7) is 1.55. The summed E-state index contributed by atoms with van der Waals surface area (Å²) in [7, 11) is 1.87. The summed E-state index contributed by atoms with van der Waals surface area (Å²) in [5.41, 5.74) is 1.28. The Kier molecular flexibility index (Phi) is 3.50. The van der Waals surface area contributed by atoms with Gasteiger partial charge in [-0.05, 0) is 32.9 Å². The van der Waals surface area contributed by atoms with Crippen molar-refractivity contribution in [3.63, 3.8) is 0 Å². The second-order valence-electron chi connectivity index (χ2n) is 3.20. The number of halogens is 1. The molecule has 0 bridgehead atoms. The van der Waals surface area contributed by atoms with E-state index in [0.29, 0.717) is 6.54 Å². The molecule has 0 saturated carbocycles. The average molecular weight is 287 g/mol. The summed E-state index contributed by atoms with van der Waals surface area (Å²) in [6, 6.07) is 2.11. The van der Waals surface area contributed by atoms with Crippen molar-refractivity contribution in [2.24, 2.45) is 7.05 Å². The largest absolute Gasteiger partial charge is 0.306 e. The van der Waals surface area contributed by atoms with E-state index in [0.717, 1.165) is 16.2 Å². The first kappa shape index (κ1) is 10.8. The molecule has 6 heteroatoms. The molecule has 2 rings (SSSR count). The number of hydrogen-bond donors (Lipinski definition) is 1. The second-order valence-corrected chi connectivity index (χ2v) is 5.49. The van der Waals surface area contributed by atoms with Crippen LogP contribution in [0.5, 0.6) is 0 Å². The third-order valence-corrected chi connectivity index (χ3v) is 3.43. The van der Waals surface area contributed by atoms with Gasteiger partial charge in [0.1, 0.15) is 6.33 Å². The Morgan fingerprint density at radius 3 is 3.00 bits per heavy atom. The molecule has 15 heavy (non-hydrogen) atoms. The Labute approximate surface area is 100 Å². The van der Waals surface area contributed by atoms with Gasteiger partial charge in [0.05, 0.1) is 10.3 Å². The first-order valence-electron chi connectivity index (χ1n) is 4.52. The van der Waals surface area contributed by atoms with Crippen molar-refractivity contribution < 1.29 is 0 Å². The zero-order chi connectivity index (χ0) is 10.7. The van der Waals surface area contributed by atoms with Gasteiger partial charge in [-0.15, -0.1) is 11.3 Å². The van der Waals surface area contributed by atoms with Crippen molar-refractivity contribution in [2.75, 3.05) is 0 Å². The fourth-order valence-corrected chi connectivity index (χ4v) is 2.43. The maximum atomic E-state index is 4.18. The highest BCUT2D eigenvalue weighted by Gasteiger charge is 1.99. The van der Waals surface area contributed by atoms with Crippen LogP contribution >= 0.6 is 27.3 Å². The molecule has 0 atom stereocenters. The third-order valence-electron chi connectivity index (χ3n) is 1.88. The summed E-state index contributed by atoms with van der Waals surface area (Å²) >= 11 is 5.13. The maximum Gasteiger partial charge on any atom is 0.164 e. The maximum absolute atomic E-state index is 4.18. The summed E-state index contributed by atoms with van der Waals surface area (Å²) in [5, 5.41) is 9.60. The van der Waals surface area contributed by atoms with E-state index in [1.54, 1.807) is 22.3 Å². The number of rotatable bonds is 4. The van der Waals surface area contributed by atoms with E-state index in [2.05, 4.69) is 42.8 Å². The number of nitrogens with zero attached hydrogens (tertiary/aromatic N) is 3. The molecule has 2 aromatic heterocycles. The van der Waals surface area contributed by atoms with Crippen LogP contribution in [-0.2, 0) is 20.1 Å². The smallest absolute Gasteiger partial charge is 0.164 e. The molecule has 0 saturated heterocycles. The number of nitrogens with one attached hydrogen (secondary N) is 1. The molecule has 0 aromatic carbocycles. The molecule has 1 N–H and O–H groups in total. The monoisotopic (exact) mass is 286 g/mol. The van der Waals surface area contributed by atoms with Crippen molar-refractivity contribution in [1.29, 1.82) is 0 Å². The van der Waals surface area contributed by atoms with E-state index in [4.69, 9.17) is 0 Å². The Bertz CT molecular complexity index is 397. The fourth-order valence-electron chi connectivity index (χ4n) is 1.22. The molecule has 4 nitrogen and oxygen atoms in total. The van der Waals surface area contributed by atoms with Crippen LogP contribution < -0.4 is 5.32 Å². The molecule has 0 radical (unpaired) electrons. The number of hydrogen-bond acceptors (Lipinski definition) is 4. The summed E-state index contributed by atoms with van der Waals surface area (Å²) in [4.78, 5) is 4.13. The molecule has 0 spiro atoms. The lowest BCUT2D eigenvalue weighted by atomic mass is 10.3. The number of thiophene rings is 1. The quantitative estimate of drug-likeness (QED) is 0.934. The summed E-state index contributed by atoms with van der Waals surface area (Å²) in [6.07, 6.45) is 1.71. The van der Waals surface area contributed by atoms with Gasteiger partial charge in [0.2, 0.25) is 0 Å². The predicted molar refractivity (Wildman–Crippen MR) is 63.6 cm³/mol. The second kappa shape index (κ2) is 4.87. The molecule has 2 aromatic rings. The molecule has 2 heterocycles. The van der Waals surface area contributed by atoms with Crippen molar-refractivity contribution in [2.45, 2.75) is 13.1 Å². The van der Waals surface area contributed by atoms with Crippen LogP contribution in [0.3, 0.4) is 0 Å². The van der Waals surface area contributed by atoms with Gasteiger partial charge in [-0.25, -0.2) is 4.98 Å². The minimum Gasteiger partial charge on any atom is -0.306 e. The molecule has 0 fully saturated rings. The van der Waals surface area contributed by atoms with Crippen LogP contribution in [0.25, 0.3) is 0 Å². The normalized spacial score (nSPS) is 10.8. The third kappa shape index (κ3) is 3.12. The molecule has 80 valence electrons. The lowest BCUT2D eigenvalue weighted by Gasteiger charge is -1.98. The molecule has 0 aliphatic rings. The summed E-state index contributed by atoms with van der Waals surface area (Å²) < 4.78 is 2.87. The van der Waals surface area contributed by atoms with Gasteiger partial charge in [-0.2, -0.15) is 5.10 Å². The van der Waals surface area contributed by atoms with Crippen LogP contribution in [0.1, 0.15) is 11.4 Å². The zero-order valence-corrected chi connectivity index (χ0v) is 10.7. The highest BCUT2D eigenvalue weighted by molar-refractivity contribution is 9.11. The molecular formula is C9H11BrN4S. The Hall–Kier alpha value is -0.720. The van der Waals surface area contributed by atoms with Crippen LogP contribution in [0, 0.1) is 0 Å². The van der Waals surface area contributed by atoms with Crippen molar-refractivity contribution in [3.05, 3.63) is 32.9 Å². The van der Waals surface area contributed by atoms with Gasteiger partial charge in [-0.3, -0.25) is 4.68 Å². The minimum atomic E-state index is 0.703. The number of aryl methyl sites for hydroxylation is 1. The van der Waals surface area contributed by atoms with Crippen LogP contribution in [-0.4, -0.2) is 14.8 Å². The van der Waals surface area contributed by atoms with E-state index >= 15 is 0 Å². The van der Waals surface area contributed by atoms with Crippen LogP contribution in [0.4, 0.5) is 0 Å². The van der Waals surface area contributed by atoms with E-state index in [1.165, 1.54) is 5.56 Å². The van der Waals surface area contributed by atoms with Gasteiger partial charge >= 0.3 is 0 Å². The lowest BCUT2D eigenvalue weighted by Crippen LogP contribution is -2.13. The van der Waals surface area contributed by atoms with E-state index in [-0.39, 0.29) is 0 Å². The first-order valence-corrected chi connectivity index (χ1v) is 6.19. The molecular weight excluding hydrogens is 276 g/mol. The molecule has 0 aliphatic heterocycles. The Morgan fingerprint density at radius 1 is 1.53 bits per heavy atom. The SMILES string of the molecule is Cn1cnc(CNCc2csc(Br)c2)n1. The van der Waals surface area contributed by atoms with Crippen LogP contribution in [0.2, 0.25) is 0 Å². The standard InChI is InChI=1S/C9H11BrN4S/c1-14-6-12-9(13-14)4-11-3-7-2-8(10)15-5-7/h2,5-6,11H,3-4H2,1H3. The predicted octanol–water partition coefficient (Wildman–Crippen LogP) is 1.93. The highest BCUT2D eigenvalue weighted by atomic mass is 79.9. The van der Waals surface area contributed by atoms with E-state index in [9.17, 15) is 0 Å². The van der Waals surface area contributed by atoms with Gasteiger partial charge < -0.3 is 5.32 Å². The van der Waals surface area contributed by atoms with Crippen molar-refractivity contribution in [1.82, 2.24) is 20.1 Å². The van der Waals surface area contributed by atoms with Gasteiger partial charge in [0, 0.05) is 13.6 Å². The highest BCUT2D eigenvalue weighted by Crippen LogP contribution is 2.20. The topological polar surface area (TPSA) is 42.7 Å². The molecule has 0 aliphatic carbocycles. The van der Waals surface area contributed by atoms with Crippen molar-refractivity contribution in [3.8, 4) is 0 Å². The first-order chi connectivity index (χ1) is 7.24.